The number of hydrogen-bond donors (Lipinski definition) is 0. The number of para-hydroxylation sites is 1. The van der Waals surface area contributed by atoms with Crippen molar-refractivity contribution in [3.8, 4) is 5.75 Å². The van der Waals surface area contributed by atoms with E-state index in [0.29, 0.717) is 0 Å². The summed E-state index contributed by atoms with van der Waals surface area (Å²) in [5, 5.41) is 0. The first-order valence-corrected chi connectivity index (χ1v) is 4.93. The number of halogens is 2. The molecule has 1 aromatic rings. The van der Waals surface area contributed by atoms with E-state index in [1.165, 1.54) is 24.3 Å². The Balaban J connectivity index is 2.93. The molecular formula is C12H13F2NO2. The molecule has 0 aliphatic carbocycles. The third-order valence-corrected chi connectivity index (χ3v) is 1.89. The lowest BCUT2D eigenvalue weighted by molar-refractivity contribution is -0.0501. The Bertz CT molecular complexity index is 417. The molecule has 0 aliphatic heterocycles. The van der Waals surface area contributed by atoms with Crippen LogP contribution >= 0.6 is 0 Å². The van der Waals surface area contributed by atoms with Crippen molar-refractivity contribution in [3.63, 3.8) is 0 Å². The minimum absolute atomic E-state index is 0.115. The zero-order chi connectivity index (χ0) is 12.8. The SMILES string of the molecule is CN(C)C=CC(=O)c1ccccc1OC(F)F. The number of benzene rings is 1. The maximum Gasteiger partial charge on any atom is 0.387 e. The molecule has 0 bridgehead atoms. The highest BCUT2D eigenvalue weighted by Crippen LogP contribution is 2.20. The third-order valence-electron chi connectivity index (χ3n) is 1.89. The number of rotatable bonds is 5. The number of alkyl halides is 2. The maximum absolute atomic E-state index is 12.1. The monoisotopic (exact) mass is 241 g/mol. The molecular weight excluding hydrogens is 228 g/mol. The highest BCUT2D eigenvalue weighted by Gasteiger charge is 2.12. The van der Waals surface area contributed by atoms with E-state index >= 15 is 0 Å². The molecule has 0 unspecified atom stereocenters. The Kier molecular flexibility index (Phi) is 4.63. The van der Waals surface area contributed by atoms with Crippen LogP contribution < -0.4 is 4.74 Å². The highest BCUT2D eigenvalue weighted by molar-refractivity contribution is 6.06. The van der Waals surface area contributed by atoms with Crippen molar-refractivity contribution in [3.05, 3.63) is 42.1 Å². The third kappa shape index (κ3) is 4.22. The predicted octanol–water partition coefficient (Wildman–Crippen LogP) is 2.55. The fourth-order valence-corrected chi connectivity index (χ4v) is 1.18. The van der Waals surface area contributed by atoms with Crippen molar-refractivity contribution in [1.82, 2.24) is 4.90 Å². The zero-order valence-electron chi connectivity index (χ0n) is 9.56. The second kappa shape index (κ2) is 5.98. The topological polar surface area (TPSA) is 29.5 Å². The number of carbonyl (C=O) groups is 1. The van der Waals surface area contributed by atoms with E-state index in [1.54, 1.807) is 31.3 Å². The van der Waals surface area contributed by atoms with Gasteiger partial charge in [-0.1, -0.05) is 12.1 Å². The van der Waals surface area contributed by atoms with Gasteiger partial charge in [-0.25, -0.2) is 0 Å². The molecule has 0 aliphatic rings. The van der Waals surface area contributed by atoms with Gasteiger partial charge >= 0.3 is 6.61 Å². The quantitative estimate of drug-likeness (QED) is 0.586. The van der Waals surface area contributed by atoms with Crippen molar-refractivity contribution in [2.45, 2.75) is 6.61 Å². The van der Waals surface area contributed by atoms with E-state index < -0.39 is 6.61 Å². The van der Waals surface area contributed by atoms with Crippen molar-refractivity contribution in [2.24, 2.45) is 0 Å². The van der Waals surface area contributed by atoms with Gasteiger partial charge in [-0.05, 0) is 12.1 Å². The van der Waals surface area contributed by atoms with E-state index in [0.717, 1.165) is 0 Å². The summed E-state index contributed by atoms with van der Waals surface area (Å²) in [5.41, 5.74) is 0.117. The van der Waals surface area contributed by atoms with Gasteiger partial charge in [0.25, 0.3) is 0 Å². The van der Waals surface area contributed by atoms with Crippen LogP contribution in [0.1, 0.15) is 10.4 Å². The minimum Gasteiger partial charge on any atom is -0.434 e. The standard InChI is InChI=1S/C12H13F2NO2/c1-15(2)8-7-10(16)9-5-3-4-6-11(9)17-12(13)14/h3-8,12H,1-2H3. The van der Waals surface area contributed by atoms with E-state index in [2.05, 4.69) is 4.74 Å². The van der Waals surface area contributed by atoms with Crippen molar-refractivity contribution in [2.75, 3.05) is 14.1 Å². The van der Waals surface area contributed by atoms with Gasteiger partial charge in [0, 0.05) is 26.4 Å². The highest BCUT2D eigenvalue weighted by atomic mass is 19.3. The molecule has 0 saturated heterocycles. The summed E-state index contributed by atoms with van der Waals surface area (Å²) in [7, 11) is 3.51. The zero-order valence-corrected chi connectivity index (χ0v) is 9.56. The van der Waals surface area contributed by atoms with Crippen LogP contribution in [0.15, 0.2) is 36.5 Å². The molecule has 92 valence electrons. The molecule has 0 radical (unpaired) electrons. The molecule has 17 heavy (non-hydrogen) atoms. The molecule has 0 aromatic heterocycles. The minimum atomic E-state index is -2.94. The van der Waals surface area contributed by atoms with Crippen LogP contribution in [0.4, 0.5) is 8.78 Å². The summed E-state index contributed by atoms with van der Waals surface area (Å²) >= 11 is 0. The Labute approximate surface area is 98.3 Å². The van der Waals surface area contributed by atoms with Gasteiger partial charge in [-0.15, -0.1) is 0 Å². The molecule has 0 saturated carbocycles. The van der Waals surface area contributed by atoms with E-state index in [4.69, 9.17) is 0 Å². The Hall–Kier alpha value is -1.91. The fraction of sp³-hybridized carbons (Fsp3) is 0.250. The number of allylic oxidation sites excluding steroid dienone is 1. The Morgan fingerprint density at radius 1 is 1.35 bits per heavy atom. The van der Waals surface area contributed by atoms with Crippen LogP contribution in [0.2, 0.25) is 0 Å². The van der Waals surface area contributed by atoms with Gasteiger partial charge in [0.1, 0.15) is 5.75 Å². The van der Waals surface area contributed by atoms with Gasteiger partial charge in [0.05, 0.1) is 5.56 Å². The van der Waals surface area contributed by atoms with Crippen molar-refractivity contribution in [1.29, 1.82) is 0 Å². The summed E-state index contributed by atoms with van der Waals surface area (Å²) in [6.45, 7) is -2.94. The number of nitrogens with zero attached hydrogens (tertiary/aromatic N) is 1. The summed E-state index contributed by atoms with van der Waals surface area (Å²) < 4.78 is 28.5. The molecule has 1 aromatic carbocycles. The lowest BCUT2D eigenvalue weighted by atomic mass is 10.1. The molecule has 0 atom stereocenters. The Morgan fingerprint density at radius 3 is 2.59 bits per heavy atom. The van der Waals surface area contributed by atoms with Gasteiger partial charge in [-0.2, -0.15) is 8.78 Å². The van der Waals surface area contributed by atoms with Gasteiger partial charge in [0.2, 0.25) is 0 Å². The lowest BCUT2D eigenvalue weighted by Crippen LogP contribution is -2.08. The maximum atomic E-state index is 12.1. The summed E-state index contributed by atoms with van der Waals surface area (Å²) in [6, 6.07) is 5.90. The number of ketones is 1. The van der Waals surface area contributed by atoms with E-state index in [-0.39, 0.29) is 17.1 Å². The van der Waals surface area contributed by atoms with Crippen LogP contribution in [-0.4, -0.2) is 31.4 Å². The van der Waals surface area contributed by atoms with Crippen LogP contribution in [0, 0.1) is 0 Å². The first kappa shape index (κ1) is 13.2. The molecule has 0 spiro atoms. The van der Waals surface area contributed by atoms with E-state index in [9.17, 15) is 13.6 Å². The van der Waals surface area contributed by atoms with Crippen molar-refractivity contribution < 1.29 is 18.3 Å². The second-order valence-electron chi connectivity index (χ2n) is 3.52. The number of ether oxygens (including phenoxy) is 1. The smallest absolute Gasteiger partial charge is 0.387 e. The normalized spacial score (nSPS) is 10.9. The first-order chi connectivity index (χ1) is 8.00. The predicted molar refractivity (Wildman–Crippen MR) is 60.2 cm³/mol. The first-order valence-electron chi connectivity index (χ1n) is 4.93. The summed E-state index contributed by atoms with van der Waals surface area (Å²) in [4.78, 5) is 13.4. The van der Waals surface area contributed by atoms with Crippen LogP contribution in [0.25, 0.3) is 0 Å². The average molecular weight is 241 g/mol. The summed E-state index contributed by atoms with van der Waals surface area (Å²) in [5.74, 6) is -0.495. The van der Waals surface area contributed by atoms with Gasteiger partial charge in [-0.3, -0.25) is 4.79 Å². The van der Waals surface area contributed by atoms with E-state index in [1.807, 2.05) is 0 Å². The molecule has 0 N–H and O–H groups in total. The van der Waals surface area contributed by atoms with Gasteiger partial charge in [0.15, 0.2) is 5.78 Å². The summed E-state index contributed by atoms with van der Waals surface area (Å²) in [6.07, 6.45) is 2.84. The molecule has 0 fully saturated rings. The van der Waals surface area contributed by atoms with Gasteiger partial charge < -0.3 is 9.64 Å². The molecule has 0 heterocycles. The lowest BCUT2D eigenvalue weighted by Gasteiger charge is -2.08. The van der Waals surface area contributed by atoms with Crippen LogP contribution in [-0.2, 0) is 0 Å². The van der Waals surface area contributed by atoms with Crippen LogP contribution in [0.5, 0.6) is 5.75 Å². The molecule has 3 nitrogen and oxygen atoms in total. The number of carbonyl (C=O) groups excluding carboxylic acids is 1. The largest absolute Gasteiger partial charge is 0.434 e. The molecule has 0 amide bonds. The molecule has 1 rings (SSSR count). The number of hydrogen-bond acceptors (Lipinski definition) is 3. The average Bonchev–Trinajstić information content (AvgIpc) is 2.25. The Morgan fingerprint density at radius 2 is 2.00 bits per heavy atom. The van der Waals surface area contributed by atoms with Crippen molar-refractivity contribution >= 4 is 5.78 Å². The second-order valence-corrected chi connectivity index (χ2v) is 3.52. The van der Waals surface area contributed by atoms with Crippen LogP contribution in [0.3, 0.4) is 0 Å². The fourth-order valence-electron chi connectivity index (χ4n) is 1.18. The molecule has 5 heteroatoms.